The number of aryl methyl sites for hydroxylation is 1. The van der Waals surface area contributed by atoms with E-state index in [9.17, 15) is 9.59 Å². The molecule has 1 saturated heterocycles. The molecule has 4 rings (SSSR count). The van der Waals surface area contributed by atoms with Gasteiger partial charge < -0.3 is 14.9 Å². The van der Waals surface area contributed by atoms with Crippen LogP contribution in [0.25, 0.3) is 16.6 Å². The van der Waals surface area contributed by atoms with Gasteiger partial charge in [-0.05, 0) is 42.8 Å². The van der Waals surface area contributed by atoms with Crippen LogP contribution < -0.4 is 10.5 Å². The Balaban J connectivity index is 1.66. The molecule has 0 bridgehead atoms. The molecule has 1 amide bonds. The molecule has 0 unspecified atom stereocenters. The van der Waals surface area contributed by atoms with Gasteiger partial charge in [0.1, 0.15) is 5.82 Å². The molecule has 1 aliphatic heterocycles. The van der Waals surface area contributed by atoms with Crippen LogP contribution in [-0.2, 0) is 6.42 Å². The average Bonchev–Trinajstić information content (AvgIpc) is 2.78. The molecule has 2 aromatic carbocycles. The highest BCUT2D eigenvalue weighted by Crippen LogP contribution is 2.21. The number of amides is 1. The number of anilines is 1. The standard InChI is InChI=1S/C23H26N4O3/c1-2-3-8-21-24-20-7-5-4-6-19(20)22(28)27(21)18-11-9-17(10-12-18)25-13-15-26(16-14-25)23(29)30/h4-7,9-12H,2-3,8,13-16H2,1H3,(H,29,30). The molecule has 7 heteroatoms. The van der Waals surface area contributed by atoms with Crippen LogP contribution in [0.2, 0.25) is 0 Å². The molecular formula is C23H26N4O3. The van der Waals surface area contributed by atoms with Gasteiger partial charge in [-0.25, -0.2) is 9.78 Å². The van der Waals surface area contributed by atoms with Crippen LogP contribution in [0.1, 0.15) is 25.6 Å². The van der Waals surface area contributed by atoms with E-state index in [1.54, 1.807) is 4.57 Å². The maximum Gasteiger partial charge on any atom is 0.407 e. The van der Waals surface area contributed by atoms with E-state index in [1.165, 1.54) is 4.90 Å². The quantitative estimate of drug-likeness (QED) is 0.701. The largest absolute Gasteiger partial charge is 0.465 e. The molecule has 30 heavy (non-hydrogen) atoms. The number of hydrogen-bond acceptors (Lipinski definition) is 4. The number of fused-ring (bicyclic) bond motifs is 1. The lowest BCUT2D eigenvalue weighted by molar-refractivity contribution is 0.142. The number of piperazine rings is 1. The molecule has 156 valence electrons. The molecule has 1 aliphatic rings. The SMILES string of the molecule is CCCCc1nc2ccccc2c(=O)n1-c1ccc(N2CCN(C(=O)O)CC2)cc1. The van der Waals surface area contributed by atoms with E-state index in [4.69, 9.17) is 10.1 Å². The second-order valence-corrected chi connectivity index (χ2v) is 7.56. The van der Waals surface area contributed by atoms with Gasteiger partial charge in [0.25, 0.3) is 5.56 Å². The predicted octanol–water partition coefficient (Wildman–Crippen LogP) is 3.53. The lowest BCUT2D eigenvalue weighted by Crippen LogP contribution is -2.48. The fourth-order valence-electron chi connectivity index (χ4n) is 3.92. The van der Waals surface area contributed by atoms with E-state index in [-0.39, 0.29) is 5.56 Å². The van der Waals surface area contributed by atoms with Crippen molar-refractivity contribution in [1.29, 1.82) is 0 Å². The normalized spacial score (nSPS) is 14.3. The molecular weight excluding hydrogens is 380 g/mol. The highest BCUT2D eigenvalue weighted by molar-refractivity contribution is 5.77. The summed E-state index contributed by atoms with van der Waals surface area (Å²) in [6.45, 7) is 4.43. The molecule has 7 nitrogen and oxygen atoms in total. The molecule has 1 N–H and O–H groups in total. The Morgan fingerprint density at radius 3 is 2.33 bits per heavy atom. The molecule has 3 aromatic rings. The zero-order chi connectivity index (χ0) is 21.1. The van der Waals surface area contributed by atoms with Crippen LogP contribution in [0.5, 0.6) is 0 Å². The minimum Gasteiger partial charge on any atom is -0.465 e. The maximum atomic E-state index is 13.3. The average molecular weight is 406 g/mol. The Morgan fingerprint density at radius 2 is 1.67 bits per heavy atom. The summed E-state index contributed by atoms with van der Waals surface area (Å²) in [5.74, 6) is 0.781. The summed E-state index contributed by atoms with van der Waals surface area (Å²) in [6, 6.07) is 15.4. The van der Waals surface area contributed by atoms with Crippen LogP contribution in [0.3, 0.4) is 0 Å². The smallest absolute Gasteiger partial charge is 0.407 e. The lowest BCUT2D eigenvalue weighted by atomic mass is 10.2. The van der Waals surface area contributed by atoms with Crippen LogP contribution in [0.4, 0.5) is 10.5 Å². The second-order valence-electron chi connectivity index (χ2n) is 7.56. The summed E-state index contributed by atoms with van der Waals surface area (Å²) in [5, 5.41) is 9.73. The highest BCUT2D eigenvalue weighted by Gasteiger charge is 2.20. The van der Waals surface area contributed by atoms with Gasteiger partial charge in [0.05, 0.1) is 16.6 Å². The van der Waals surface area contributed by atoms with E-state index >= 15 is 0 Å². The number of aromatic nitrogens is 2. The zero-order valence-electron chi connectivity index (χ0n) is 17.1. The van der Waals surface area contributed by atoms with Gasteiger partial charge in [-0.3, -0.25) is 9.36 Å². The number of nitrogens with zero attached hydrogens (tertiary/aromatic N) is 4. The van der Waals surface area contributed by atoms with Crippen molar-refractivity contribution in [3.05, 3.63) is 64.7 Å². The van der Waals surface area contributed by atoms with Gasteiger partial charge in [-0.15, -0.1) is 0 Å². The van der Waals surface area contributed by atoms with Gasteiger partial charge in [0.2, 0.25) is 0 Å². The van der Waals surface area contributed by atoms with Crippen LogP contribution in [0, 0.1) is 0 Å². The Bertz CT molecular complexity index is 1100. The van der Waals surface area contributed by atoms with Crippen molar-refractivity contribution in [3.63, 3.8) is 0 Å². The summed E-state index contributed by atoms with van der Waals surface area (Å²) >= 11 is 0. The first kappa shape index (κ1) is 19.9. The van der Waals surface area contributed by atoms with E-state index in [1.807, 2.05) is 48.5 Å². The topological polar surface area (TPSA) is 78.7 Å². The fraction of sp³-hybridized carbons (Fsp3) is 0.348. The van der Waals surface area contributed by atoms with E-state index in [0.29, 0.717) is 31.6 Å². The third-order valence-corrected chi connectivity index (χ3v) is 5.62. The summed E-state index contributed by atoms with van der Waals surface area (Å²) in [5.41, 5.74) is 2.52. The van der Waals surface area contributed by atoms with E-state index in [2.05, 4.69) is 11.8 Å². The number of carbonyl (C=O) groups is 1. The van der Waals surface area contributed by atoms with Gasteiger partial charge in [0.15, 0.2) is 0 Å². The summed E-state index contributed by atoms with van der Waals surface area (Å²) in [7, 11) is 0. The predicted molar refractivity (Wildman–Crippen MR) is 118 cm³/mol. The van der Waals surface area contributed by atoms with Crippen molar-refractivity contribution in [1.82, 2.24) is 14.5 Å². The van der Waals surface area contributed by atoms with Crippen molar-refractivity contribution in [2.24, 2.45) is 0 Å². The van der Waals surface area contributed by atoms with Crippen molar-refractivity contribution < 1.29 is 9.90 Å². The van der Waals surface area contributed by atoms with Crippen LogP contribution in [0.15, 0.2) is 53.3 Å². The van der Waals surface area contributed by atoms with Crippen molar-refractivity contribution in [3.8, 4) is 5.69 Å². The van der Waals surface area contributed by atoms with Crippen molar-refractivity contribution in [2.45, 2.75) is 26.2 Å². The summed E-state index contributed by atoms with van der Waals surface area (Å²) in [6.07, 6.45) is 1.88. The number of hydrogen-bond donors (Lipinski definition) is 1. The van der Waals surface area contributed by atoms with E-state index in [0.717, 1.165) is 42.0 Å². The Labute approximate surface area is 175 Å². The first-order chi connectivity index (χ1) is 14.6. The molecule has 1 aromatic heterocycles. The molecule has 0 radical (unpaired) electrons. The van der Waals surface area contributed by atoms with E-state index < -0.39 is 6.09 Å². The zero-order valence-corrected chi connectivity index (χ0v) is 17.1. The third-order valence-electron chi connectivity index (χ3n) is 5.62. The molecule has 0 aliphatic carbocycles. The Morgan fingerprint density at radius 1 is 1.00 bits per heavy atom. The summed E-state index contributed by atoms with van der Waals surface area (Å²) in [4.78, 5) is 32.7. The van der Waals surface area contributed by atoms with Crippen molar-refractivity contribution in [2.75, 3.05) is 31.1 Å². The highest BCUT2D eigenvalue weighted by atomic mass is 16.4. The fourth-order valence-corrected chi connectivity index (χ4v) is 3.92. The Kier molecular flexibility index (Phi) is 5.70. The van der Waals surface area contributed by atoms with Gasteiger partial charge in [0, 0.05) is 38.3 Å². The maximum absolute atomic E-state index is 13.3. The number of benzene rings is 2. The molecule has 2 heterocycles. The number of para-hydroxylation sites is 1. The summed E-state index contributed by atoms with van der Waals surface area (Å²) < 4.78 is 1.73. The first-order valence-electron chi connectivity index (χ1n) is 10.4. The van der Waals surface area contributed by atoms with Gasteiger partial charge in [-0.1, -0.05) is 25.5 Å². The molecule has 0 atom stereocenters. The van der Waals surface area contributed by atoms with Gasteiger partial charge in [-0.2, -0.15) is 0 Å². The Hall–Kier alpha value is -3.35. The molecule has 0 spiro atoms. The number of rotatable bonds is 5. The molecule has 1 fully saturated rings. The van der Waals surface area contributed by atoms with Crippen LogP contribution >= 0.6 is 0 Å². The van der Waals surface area contributed by atoms with Gasteiger partial charge >= 0.3 is 6.09 Å². The monoisotopic (exact) mass is 406 g/mol. The number of carboxylic acid groups (broad SMARTS) is 1. The number of unbranched alkanes of at least 4 members (excludes halogenated alkanes) is 1. The minimum absolute atomic E-state index is 0.0467. The van der Waals surface area contributed by atoms with Crippen molar-refractivity contribution >= 4 is 22.7 Å². The minimum atomic E-state index is -0.868. The second kappa shape index (κ2) is 8.57. The molecule has 0 saturated carbocycles. The first-order valence-corrected chi connectivity index (χ1v) is 10.4. The third kappa shape index (κ3) is 3.87. The van der Waals surface area contributed by atoms with Crippen LogP contribution in [-0.4, -0.2) is 51.8 Å². The lowest BCUT2D eigenvalue weighted by Gasteiger charge is -2.34.